The van der Waals surface area contributed by atoms with Crippen molar-refractivity contribution < 1.29 is 14.3 Å². The summed E-state index contributed by atoms with van der Waals surface area (Å²) in [6, 6.07) is 11.7. The van der Waals surface area contributed by atoms with Gasteiger partial charge >= 0.3 is 0 Å². The molecule has 5 nitrogen and oxygen atoms in total. The van der Waals surface area contributed by atoms with Crippen molar-refractivity contribution in [2.24, 2.45) is 0 Å². The number of thioether (sulfide) groups is 1. The normalized spacial score (nSPS) is 10.8. The molecule has 0 aliphatic heterocycles. The summed E-state index contributed by atoms with van der Waals surface area (Å²) in [5, 5.41) is 13.2. The van der Waals surface area contributed by atoms with E-state index in [1.54, 1.807) is 36.4 Å². The van der Waals surface area contributed by atoms with Crippen LogP contribution < -0.4 is 5.32 Å². The van der Waals surface area contributed by atoms with Gasteiger partial charge in [-0.25, -0.2) is 4.98 Å². The number of nitrogens with zero attached hydrogens (tertiary/aromatic N) is 1. The highest BCUT2D eigenvalue weighted by Gasteiger charge is 2.11. The molecule has 1 amide bonds. The van der Waals surface area contributed by atoms with Crippen LogP contribution in [0.4, 0.5) is 5.69 Å². The van der Waals surface area contributed by atoms with Crippen molar-refractivity contribution in [1.29, 1.82) is 0 Å². The van der Waals surface area contributed by atoms with Crippen LogP contribution in [0.1, 0.15) is 0 Å². The second kappa shape index (κ2) is 6.29. The molecule has 1 heterocycles. The predicted octanol–water partition coefficient (Wildman–Crippen LogP) is 3.92. The maximum atomic E-state index is 11.9. The molecule has 2 aromatic carbocycles. The molecular formula is C15H11ClN2O3S. The molecule has 7 heteroatoms. The number of phenolic OH excluding ortho intramolecular Hbond substituents is 1. The molecule has 0 bridgehead atoms. The Bertz CT molecular complexity index is 835. The van der Waals surface area contributed by atoms with E-state index in [4.69, 9.17) is 16.0 Å². The Morgan fingerprint density at radius 2 is 2.14 bits per heavy atom. The van der Waals surface area contributed by atoms with Crippen molar-refractivity contribution in [2.75, 3.05) is 11.1 Å². The summed E-state index contributed by atoms with van der Waals surface area (Å²) in [7, 11) is 0. The fourth-order valence-electron chi connectivity index (χ4n) is 1.83. The number of benzene rings is 2. The summed E-state index contributed by atoms with van der Waals surface area (Å²) < 4.78 is 5.51. The Labute approximate surface area is 135 Å². The standard InChI is InChI=1S/C15H11ClN2O3S/c16-9-5-6-13-11(7-9)18-15(21-13)22-8-14(20)17-10-3-1-2-4-12(10)19/h1-7,19H,8H2,(H,17,20). The lowest BCUT2D eigenvalue weighted by molar-refractivity contribution is -0.113. The number of nitrogens with one attached hydrogen (secondary N) is 1. The zero-order valence-corrected chi connectivity index (χ0v) is 12.8. The van der Waals surface area contributed by atoms with E-state index in [1.807, 2.05) is 0 Å². The Balaban J connectivity index is 1.63. The summed E-state index contributed by atoms with van der Waals surface area (Å²) in [6.45, 7) is 0. The van der Waals surface area contributed by atoms with Crippen LogP contribution in [0.15, 0.2) is 52.1 Å². The molecule has 0 radical (unpaired) electrons. The van der Waals surface area contributed by atoms with E-state index in [-0.39, 0.29) is 17.4 Å². The first kappa shape index (κ1) is 14.7. The van der Waals surface area contributed by atoms with Gasteiger partial charge in [0.2, 0.25) is 5.91 Å². The molecule has 0 saturated carbocycles. The van der Waals surface area contributed by atoms with Crippen molar-refractivity contribution in [2.45, 2.75) is 5.22 Å². The van der Waals surface area contributed by atoms with Gasteiger partial charge in [-0.15, -0.1) is 0 Å². The summed E-state index contributed by atoms with van der Waals surface area (Å²) in [6.07, 6.45) is 0. The number of aromatic hydroxyl groups is 1. The van der Waals surface area contributed by atoms with E-state index in [1.165, 1.54) is 17.8 Å². The van der Waals surface area contributed by atoms with Crippen LogP contribution in [0.2, 0.25) is 5.02 Å². The minimum atomic E-state index is -0.258. The van der Waals surface area contributed by atoms with Crippen LogP contribution in [0, 0.1) is 0 Å². The first-order valence-electron chi connectivity index (χ1n) is 6.38. The number of carbonyl (C=O) groups is 1. The number of fused-ring (bicyclic) bond motifs is 1. The molecule has 0 fully saturated rings. The smallest absolute Gasteiger partial charge is 0.257 e. The minimum absolute atomic E-state index is 0.0253. The van der Waals surface area contributed by atoms with Crippen LogP contribution in [-0.4, -0.2) is 21.8 Å². The third kappa shape index (κ3) is 3.35. The van der Waals surface area contributed by atoms with E-state index < -0.39 is 0 Å². The lowest BCUT2D eigenvalue weighted by Crippen LogP contribution is -2.14. The summed E-state index contributed by atoms with van der Waals surface area (Å²) in [5.41, 5.74) is 1.64. The number of anilines is 1. The van der Waals surface area contributed by atoms with E-state index in [2.05, 4.69) is 10.3 Å². The molecule has 3 rings (SSSR count). The van der Waals surface area contributed by atoms with E-state index in [0.29, 0.717) is 27.0 Å². The first-order valence-corrected chi connectivity index (χ1v) is 7.75. The van der Waals surface area contributed by atoms with Crippen molar-refractivity contribution in [1.82, 2.24) is 4.98 Å². The molecule has 22 heavy (non-hydrogen) atoms. The second-order valence-corrected chi connectivity index (χ2v) is 5.81. The number of phenols is 1. The summed E-state index contributed by atoms with van der Waals surface area (Å²) >= 11 is 7.05. The van der Waals surface area contributed by atoms with Crippen molar-refractivity contribution in [3.05, 3.63) is 47.5 Å². The van der Waals surface area contributed by atoms with Crippen LogP contribution in [0.5, 0.6) is 5.75 Å². The molecule has 1 aromatic heterocycles. The van der Waals surface area contributed by atoms with Gasteiger partial charge in [-0.05, 0) is 30.3 Å². The van der Waals surface area contributed by atoms with Gasteiger partial charge in [-0.2, -0.15) is 0 Å². The van der Waals surface area contributed by atoms with Gasteiger partial charge in [0.15, 0.2) is 5.58 Å². The zero-order valence-electron chi connectivity index (χ0n) is 11.2. The Morgan fingerprint density at radius 1 is 1.32 bits per heavy atom. The number of oxazole rings is 1. The Kier molecular flexibility index (Phi) is 4.22. The SMILES string of the molecule is O=C(CSc1nc2cc(Cl)ccc2o1)Nc1ccccc1O. The lowest BCUT2D eigenvalue weighted by atomic mass is 10.3. The highest BCUT2D eigenvalue weighted by Crippen LogP contribution is 2.26. The molecule has 0 aliphatic carbocycles. The molecule has 112 valence electrons. The fraction of sp³-hybridized carbons (Fsp3) is 0.0667. The molecular weight excluding hydrogens is 324 g/mol. The van der Waals surface area contributed by atoms with Crippen LogP contribution >= 0.6 is 23.4 Å². The molecule has 0 unspecified atom stereocenters. The van der Waals surface area contributed by atoms with Gasteiger partial charge in [-0.3, -0.25) is 4.79 Å². The zero-order chi connectivity index (χ0) is 15.5. The number of halogens is 1. The Hall–Kier alpha value is -2.18. The van der Waals surface area contributed by atoms with Gasteiger partial charge in [-0.1, -0.05) is 35.5 Å². The van der Waals surface area contributed by atoms with Crippen LogP contribution in [0.3, 0.4) is 0 Å². The maximum absolute atomic E-state index is 11.9. The summed E-state index contributed by atoms with van der Waals surface area (Å²) in [5.74, 6) is -0.112. The number of para-hydroxylation sites is 2. The number of amides is 1. The average Bonchev–Trinajstić information content (AvgIpc) is 2.89. The Morgan fingerprint density at radius 3 is 2.95 bits per heavy atom. The molecule has 0 atom stereocenters. The number of hydrogen-bond donors (Lipinski definition) is 2. The number of hydrogen-bond acceptors (Lipinski definition) is 5. The molecule has 0 spiro atoms. The molecule has 3 aromatic rings. The van der Waals surface area contributed by atoms with Gasteiger partial charge in [0, 0.05) is 5.02 Å². The largest absolute Gasteiger partial charge is 0.506 e. The quantitative estimate of drug-likeness (QED) is 0.558. The fourth-order valence-corrected chi connectivity index (χ4v) is 2.64. The van der Waals surface area contributed by atoms with Gasteiger partial charge in [0.1, 0.15) is 11.3 Å². The molecule has 0 aliphatic rings. The first-order chi connectivity index (χ1) is 10.6. The predicted molar refractivity (Wildman–Crippen MR) is 86.5 cm³/mol. The minimum Gasteiger partial charge on any atom is -0.506 e. The van der Waals surface area contributed by atoms with E-state index in [0.717, 1.165) is 0 Å². The number of carbonyl (C=O) groups excluding carboxylic acids is 1. The van der Waals surface area contributed by atoms with E-state index in [9.17, 15) is 9.90 Å². The monoisotopic (exact) mass is 334 g/mol. The molecule has 0 saturated heterocycles. The van der Waals surface area contributed by atoms with Gasteiger partial charge in [0.25, 0.3) is 5.22 Å². The average molecular weight is 335 g/mol. The second-order valence-electron chi connectivity index (χ2n) is 4.45. The highest BCUT2D eigenvalue weighted by atomic mass is 35.5. The van der Waals surface area contributed by atoms with Gasteiger partial charge in [0.05, 0.1) is 11.4 Å². The van der Waals surface area contributed by atoms with E-state index >= 15 is 0 Å². The van der Waals surface area contributed by atoms with Crippen LogP contribution in [-0.2, 0) is 4.79 Å². The van der Waals surface area contributed by atoms with Crippen molar-refractivity contribution in [3.63, 3.8) is 0 Å². The summed E-state index contributed by atoms with van der Waals surface area (Å²) in [4.78, 5) is 16.1. The molecule has 2 N–H and O–H groups in total. The highest BCUT2D eigenvalue weighted by molar-refractivity contribution is 7.99. The topological polar surface area (TPSA) is 75.4 Å². The van der Waals surface area contributed by atoms with Crippen molar-refractivity contribution >= 4 is 46.1 Å². The van der Waals surface area contributed by atoms with Crippen LogP contribution in [0.25, 0.3) is 11.1 Å². The third-order valence-electron chi connectivity index (χ3n) is 2.83. The lowest BCUT2D eigenvalue weighted by Gasteiger charge is -2.05. The maximum Gasteiger partial charge on any atom is 0.257 e. The third-order valence-corrected chi connectivity index (χ3v) is 3.90. The van der Waals surface area contributed by atoms with Gasteiger partial charge < -0.3 is 14.8 Å². The number of rotatable bonds is 4. The number of aromatic nitrogens is 1. The van der Waals surface area contributed by atoms with Crippen molar-refractivity contribution in [3.8, 4) is 5.75 Å².